The molecule has 0 spiro atoms. The molecular formula is C52H73N7O6Si2. The molecular weight excluding hydrogens is 875 g/mol. The third-order valence-electron chi connectivity index (χ3n) is 13.4. The van der Waals surface area contributed by atoms with Gasteiger partial charge in [0, 0.05) is 50.2 Å². The number of carbonyl (C=O) groups is 3. The van der Waals surface area contributed by atoms with Crippen LogP contribution in [0.3, 0.4) is 0 Å². The molecule has 0 radical (unpaired) electrons. The average Bonchev–Trinajstić information content (AvgIpc) is 3.22. The highest BCUT2D eigenvalue weighted by molar-refractivity contribution is 6.74. The highest BCUT2D eigenvalue weighted by atomic mass is 28.4. The summed E-state index contributed by atoms with van der Waals surface area (Å²) in [5, 5.41) is 16.6. The minimum Gasteiger partial charge on any atom is -0.444 e. The van der Waals surface area contributed by atoms with E-state index in [1.165, 1.54) is 5.56 Å². The van der Waals surface area contributed by atoms with Crippen molar-refractivity contribution in [1.82, 2.24) is 19.8 Å². The van der Waals surface area contributed by atoms with Crippen molar-refractivity contribution in [1.29, 1.82) is 5.26 Å². The SMILES string of the molecule is Cc1cc(C(=O)Nc2cccc(-c3cccc(NC(=O)c4ccc(CN(CCO[Si](C)(C)C(C)(C)C)C(=O)OC(C)(C)C)cn4)c3C)c2C#N)nc2c1CCN(CCO[Si](C)(C)C(C)(C)C)C2. The average molecular weight is 948 g/mol. The first-order valence-corrected chi connectivity index (χ1v) is 29.1. The lowest BCUT2D eigenvalue weighted by atomic mass is 9.94. The predicted molar refractivity (Wildman–Crippen MR) is 272 cm³/mol. The Morgan fingerprint density at radius 2 is 1.40 bits per heavy atom. The number of nitrogens with one attached hydrogen (secondary N) is 2. The first-order valence-electron chi connectivity index (χ1n) is 23.3. The second kappa shape index (κ2) is 21.0. The first-order chi connectivity index (χ1) is 31.1. The first kappa shape index (κ1) is 52.7. The Hall–Kier alpha value is -5.25. The van der Waals surface area contributed by atoms with E-state index in [-0.39, 0.29) is 27.9 Å². The maximum absolute atomic E-state index is 13.9. The number of benzene rings is 2. The van der Waals surface area contributed by atoms with Gasteiger partial charge in [-0.1, -0.05) is 71.9 Å². The zero-order valence-electron chi connectivity index (χ0n) is 42.6. The highest BCUT2D eigenvalue weighted by Gasteiger charge is 2.38. The fraction of sp³-hybridized carbons (Fsp3) is 0.500. The lowest BCUT2D eigenvalue weighted by Gasteiger charge is -2.37. The zero-order valence-corrected chi connectivity index (χ0v) is 44.6. The number of amides is 3. The molecule has 1 aliphatic heterocycles. The second-order valence-electron chi connectivity index (χ2n) is 21.7. The summed E-state index contributed by atoms with van der Waals surface area (Å²) in [7, 11) is -3.90. The Balaban J connectivity index is 1.28. The lowest BCUT2D eigenvalue weighted by Crippen LogP contribution is -2.44. The molecule has 15 heteroatoms. The van der Waals surface area contributed by atoms with Gasteiger partial charge in [-0.2, -0.15) is 5.26 Å². The van der Waals surface area contributed by atoms with Crippen molar-refractivity contribution in [2.24, 2.45) is 0 Å². The molecule has 3 amide bonds. The minimum atomic E-state index is -2.04. The molecule has 0 saturated heterocycles. The molecule has 4 aromatic rings. The van der Waals surface area contributed by atoms with Crippen molar-refractivity contribution in [3.05, 3.63) is 106 Å². The van der Waals surface area contributed by atoms with E-state index in [0.717, 1.165) is 41.9 Å². The number of hydrogen-bond acceptors (Lipinski definition) is 10. The number of aryl methyl sites for hydroxylation is 1. The van der Waals surface area contributed by atoms with Crippen LogP contribution < -0.4 is 10.6 Å². The molecule has 13 nitrogen and oxygen atoms in total. The summed E-state index contributed by atoms with van der Waals surface area (Å²) in [5.74, 6) is -0.821. The third-order valence-corrected chi connectivity index (χ3v) is 22.5. The molecule has 0 atom stereocenters. The summed E-state index contributed by atoms with van der Waals surface area (Å²) >= 11 is 0. The standard InChI is InChI=1S/C52H73N7O6Si2/c1-35-30-45(55-46-34-58(25-24-38(35)46)26-28-63-66(12,13)51(6,7)8)48(61)57-43-21-17-19-40(41(43)31-53)39-18-16-20-42(36(39)2)56-47(60)44-23-22-37(32-54-44)33-59(49(62)65-50(3,4)5)27-29-64-67(14,15)52(9,10)11/h16-23,30,32H,24-29,33-34H2,1-15H3,(H,56,60)(H,57,61). The number of hydrogen-bond donors (Lipinski definition) is 2. The van der Waals surface area contributed by atoms with E-state index in [0.29, 0.717) is 54.5 Å². The summed E-state index contributed by atoms with van der Waals surface area (Å²) in [6.45, 7) is 35.4. The van der Waals surface area contributed by atoms with E-state index in [2.05, 4.69) is 94.3 Å². The number of nitriles is 1. The highest BCUT2D eigenvalue weighted by Crippen LogP contribution is 2.38. The number of ether oxygens (including phenoxy) is 1. The monoisotopic (exact) mass is 948 g/mol. The largest absolute Gasteiger partial charge is 0.444 e. The Morgan fingerprint density at radius 3 is 2.00 bits per heavy atom. The fourth-order valence-corrected chi connectivity index (χ4v) is 9.32. The van der Waals surface area contributed by atoms with E-state index in [9.17, 15) is 19.6 Å². The van der Waals surface area contributed by atoms with Crippen molar-refractivity contribution in [3.8, 4) is 17.2 Å². The van der Waals surface area contributed by atoms with E-state index < -0.39 is 40.1 Å². The smallest absolute Gasteiger partial charge is 0.410 e. The fourth-order valence-electron chi connectivity index (χ4n) is 7.25. The van der Waals surface area contributed by atoms with Crippen molar-refractivity contribution in [2.75, 3.05) is 43.5 Å². The van der Waals surface area contributed by atoms with Gasteiger partial charge in [0.25, 0.3) is 11.8 Å². The molecule has 67 heavy (non-hydrogen) atoms. The molecule has 2 N–H and O–H groups in total. The lowest BCUT2D eigenvalue weighted by molar-refractivity contribution is 0.0205. The van der Waals surface area contributed by atoms with Crippen molar-refractivity contribution in [3.63, 3.8) is 0 Å². The molecule has 3 heterocycles. The van der Waals surface area contributed by atoms with Crippen molar-refractivity contribution in [2.45, 2.75) is 138 Å². The minimum absolute atomic E-state index is 0.0279. The number of fused-ring (bicyclic) bond motifs is 1. The zero-order chi connectivity index (χ0) is 49.7. The summed E-state index contributed by atoms with van der Waals surface area (Å²) < 4.78 is 18.5. The van der Waals surface area contributed by atoms with Crippen molar-refractivity contribution < 1.29 is 28.0 Å². The van der Waals surface area contributed by atoms with E-state index >= 15 is 0 Å². The van der Waals surface area contributed by atoms with E-state index in [1.807, 2.05) is 58.9 Å². The van der Waals surface area contributed by atoms with Gasteiger partial charge in [-0.3, -0.25) is 19.5 Å². The van der Waals surface area contributed by atoms with Gasteiger partial charge in [-0.05, 0) is 129 Å². The van der Waals surface area contributed by atoms with Crippen LogP contribution in [0.2, 0.25) is 36.3 Å². The molecule has 0 unspecified atom stereocenters. The quantitative estimate of drug-likeness (QED) is 0.110. The van der Waals surface area contributed by atoms with Gasteiger partial charge in [-0.25, -0.2) is 9.78 Å². The second-order valence-corrected chi connectivity index (χ2v) is 31.3. The number of anilines is 2. The molecule has 2 aromatic heterocycles. The molecule has 0 saturated carbocycles. The number of carbonyl (C=O) groups excluding carboxylic acids is 3. The van der Waals surface area contributed by atoms with Gasteiger partial charge in [0.1, 0.15) is 23.1 Å². The summed E-state index contributed by atoms with van der Waals surface area (Å²) in [6.07, 6.45) is 1.98. The van der Waals surface area contributed by atoms with Crippen LogP contribution in [0.4, 0.5) is 16.2 Å². The van der Waals surface area contributed by atoms with Crippen LogP contribution in [-0.2, 0) is 33.1 Å². The number of pyridine rings is 2. The Morgan fingerprint density at radius 1 is 0.806 bits per heavy atom. The maximum atomic E-state index is 13.9. The van der Waals surface area contributed by atoms with Gasteiger partial charge in [0.2, 0.25) is 0 Å². The number of rotatable bonds is 15. The molecule has 2 aromatic carbocycles. The summed E-state index contributed by atoms with van der Waals surface area (Å²) in [4.78, 5) is 54.0. The van der Waals surface area contributed by atoms with Crippen LogP contribution in [0.15, 0.2) is 60.8 Å². The molecule has 5 rings (SSSR count). The van der Waals surface area contributed by atoms with Crippen LogP contribution in [0.25, 0.3) is 11.1 Å². The van der Waals surface area contributed by atoms with E-state index in [1.54, 1.807) is 41.4 Å². The van der Waals surface area contributed by atoms with E-state index in [4.69, 9.17) is 18.6 Å². The normalized spacial score (nSPS) is 13.6. The Bertz CT molecular complexity index is 2480. The molecule has 1 aliphatic rings. The molecule has 0 fully saturated rings. The summed E-state index contributed by atoms with van der Waals surface area (Å²) in [5.41, 5.74) is 6.85. The molecule has 0 aliphatic carbocycles. The molecule has 360 valence electrons. The third kappa shape index (κ3) is 13.5. The number of aromatic nitrogens is 2. The number of nitrogens with zero attached hydrogens (tertiary/aromatic N) is 5. The van der Waals surface area contributed by atoms with Gasteiger partial charge < -0.3 is 29.1 Å². The van der Waals surface area contributed by atoms with Crippen LogP contribution in [-0.4, -0.2) is 92.8 Å². The van der Waals surface area contributed by atoms with Crippen LogP contribution in [0.5, 0.6) is 0 Å². The Kier molecular flexibility index (Phi) is 16.5. The van der Waals surface area contributed by atoms with Gasteiger partial charge in [0.05, 0.1) is 30.1 Å². The summed E-state index contributed by atoms with van der Waals surface area (Å²) in [6, 6.07) is 18.4. The maximum Gasteiger partial charge on any atom is 0.410 e. The van der Waals surface area contributed by atoms with Crippen LogP contribution >= 0.6 is 0 Å². The molecule has 0 bridgehead atoms. The van der Waals surface area contributed by atoms with Gasteiger partial charge in [-0.15, -0.1) is 0 Å². The van der Waals surface area contributed by atoms with Gasteiger partial charge >= 0.3 is 6.09 Å². The Labute approximate surface area is 401 Å². The van der Waals surface area contributed by atoms with Crippen molar-refractivity contribution >= 4 is 45.9 Å². The van der Waals surface area contributed by atoms with Gasteiger partial charge in [0.15, 0.2) is 16.6 Å². The topological polar surface area (TPSA) is 159 Å². The van der Waals surface area contributed by atoms with Crippen LogP contribution in [0.1, 0.15) is 117 Å². The van der Waals surface area contributed by atoms with Crippen LogP contribution in [0, 0.1) is 25.2 Å². The predicted octanol–water partition coefficient (Wildman–Crippen LogP) is 11.3.